The highest BCUT2D eigenvalue weighted by atomic mass is 16.7. The van der Waals surface area contributed by atoms with Crippen LogP contribution in [0.1, 0.15) is 16.1 Å². The van der Waals surface area contributed by atoms with E-state index in [-0.39, 0.29) is 18.4 Å². The summed E-state index contributed by atoms with van der Waals surface area (Å²) in [6.07, 6.45) is 1.58. The van der Waals surface area contributed by atoms with Crippen molar-refractivity contribution in [2.24, 2.45) is 0 Å². The third kappa shape index (κ3) is 3.65. The molecule has 0 saturated carbocycles. The number of carbonyl (C=O) groups is 1. The van der Waals surface area contributed by atoms with Crippen molar-refractivity contribution in [1.29, 1.82) is 5.26 Å². The zero-order chi connectivity index (χ0) is 18.6. The average Bonchev–Trinajstić information content (AvgIpc) is 3.17. The van der Waals surface area contributed by atoms with Crippen molar-refractivity contribution >= 4 is 23.0 Å². The van der Waals surface area contributed by atoms with Gasteiger partial charge in [-0.1, -0.05) is 0 Å². The number of nitrogens with one attached hydrogen (secondary N) is 2. The Morgan fingerprint density at radius 1 is 0.963 bits per heavy atom. The number of rotatable bonds is 4. The van der Waals surface area contributed by atoms with E-state index in [1.165, 1.54) is 0 Å². The SMILES string of the molecule is N#Cc1ccc(Nc2ccc(C(=O)Nc3ccc4c(c3)OCO4)nc2)cc1. The van der Waals surface area contributed by atoms with Crippen LogP contribution in [-0.4, -0.2) is 17.7 Å². The van der Waals surface area contributed by atoms with Crippen LogP contribution in [0.25, 0.3) is 0 Å². The number of hydrogen-bond donors (Lipinski definition) is 2. The summed E-state index contributed by atoms with van der Waals surface area (Å²) in [5.74, 6) is 0.936. The number of ether oxygens (including phenoxy) is 2. The number of nitrogens with zero attached hydrogens (tertiary/aromatic N) is 2. The molecule has 0 saturated heterocycles. The van der Waals surface area contributed by atoms with Gasteiger partial charge >= 0.3 is 0 Å². The predicted octanol–water partition coefficient (Wildman–Crippen LogP) is 3.68. The molecular weight excluding hydrogens is 344 g/mol. The third-order valence-corrected chi connectivity index (χ3v) is 3.93. The lowest BCUT2D eigenvalue weighted by Gasteiger charge is -2.08. The summed E-state index contributed by atoms with van der Waals surface area (Å²) >= 11 is 0. The second kappa shape index (κ2) is 7.06. The van der Waals surface area contributed by atoms with E-state index >= 15 is 0 Å². The van der Waals surface area contributed by atoms with Gasteiger partial charge in [-0.25, -0.2) is 4.98 Å². The Labute approximate surface area is 155 Å². The Kier molecular flexibility index (Phi) is 4.29. The van der Waals surface area contributed by atoms with Crippen LogP contribution in [-0.2, 0) is 0 Å². The number of anilines is 3. The van der Waals surface area contributed by atoms with Gasteiger partial charge in [-0.05, 0) is 48.5 Å². The molecule has 3 aromatic rings. The van der Waals surface area contributed by atoms with Crippen molar-refractivity contribution in [2.45, 2.75) is 0 Å². The van der Waals surface area contributed by atoms with Crippen molar-refractivity contribution in [3.63, 3.8) is 0 Å². The van der Waals surface area contributed by atoms with Crippen molar-refractivity contribution in [3.8, 4) is 17.6 Å². The molecule has 1 aliphatic heterocycles. The van der Waals surface area contributed by atoms with Crippen LogP contribution in [0.3, 0.4) is 0 Å². The molecule has 132 valence electrons. The van der Waals surface area contributed by atoms with Gasteiger partial charge in [-0.15, -0.1) is 0 Å². The fraction of sp³-hybridized carbons (Fsp3) is 0.0500. The van der Waals surface area contributed by atoms with E-state index in [2.05, 4.69) is 21.7 Å². The summed E-state index contributed by atoms with van der Waals surface area (Å²) in [5.41, 5.74) is 3.05. The van der Waals surface area contributed by atoms with Gasteiger partial charge in [-0.2, -0.15) is 5.26 Å². The standard InChI is InChI=1S/C20H14N4O3/c21-10-13-1-3-14(4-2-13)23-16-5-7-17(22-11-16)20(25)24-15-6-8-18-19(9-15)27-12-26-18/h1-9,11,23H,12H2,(H,24,25). The number of amides is 1. The summed E-state index contributed by atoms with van der Waals surface area (Å²) in [6, 6.07) is 17.7. The Hall–Kier alpha value is -4.05. The maximum Gasteiger partial charge on any atom is 0.274 e. The molecule has 1 aliphatic rings. The molecule has 7 nitrogen and oxygen atoms in total. The number of nitriles is 1. The largest absolute Gasteiger partial charge is 0.454 e. The first-order valence-corrected chi connectivity index (χ1v) is 8.15. The third-order valence-electron chi connectivity index (χ3n) is 3.93. The summed E-state index contributed by atoms with van der Waals surface area (Å²) in [6.45, 7) is 0.183. The van der Waals surface area contributed by atoms with Crippen LogP contribution in [0.5, 0.6) is 11.5 Å². The molecule has 2 N–H and O–H groups in total. The van der Waals surface area contributed by atoms with E-state index < -0.39 is 0 Å². The minimum absolute atomic E-state index is 0.183. The van der Waals surface area contributed by atoms with Gasteiger partial charge in [0, 0.05) is 17.4 Å². The minimum Gasteiger partial charge on any atom is -0.454 e. The summed E-state index contributed by atoms with van der Waals surface area (Å²) in [4.78, 5) is 16.6. The fourth-order valence-corrected chi connectivity index (χ4v) is 2.57. The molecule has 0 spiro atoms. The molecule has 0 bridgehead atoms. The van der Waals surface area contributed by atoms with E-state index in [0.29, 0.717) is 22.7 Å². The zero-order valence-corrected chi connectivity index (χ0v) is 14.1. The van der Waals surface area contributed by atoms with Gasteiger partial charge in [0.25, 0.3) is 5.91 Å². The highest BCUT2D eigenvalue weighted by Gasteiger charge is 2.15. The van der Waals surface area contributed by atoms with E-state index in [4.69, 9.17) is 14.7 Å². The summed E-state index contributed by atoms with van der Waals surface area (Å²) < 4.78 is 10.5. The number of fused-ring (bicyclic) bond motifs is 1. The molecule has 1 amide bonds. The number of aromatic nitrogens is 1. The smallest absolute Gasteiger partial charge is 0.274 e. The second-order valence-corrected chi connectivity index (χ2v) is 5.77. The van der Waals surface area contributed by atoms with Crippen LogP contribution >= 0.6 is 0 Å². The molecule has 0 atom stereocenters. The summed E-state index contributed by atoms with van der Waals surface area (Å²) in [7, 11) is 0. The Bertz CT molecular complexity index is 1020. The molecular formula is C20H14N4O3. The molecule has 1 aromatic heterocycles. The molecule has 0 aliphatic carbocycles. The Morgan fingerprint density at radius 3 is 2.44 bits per heavy atom. The molecule has 27 heavy (non-hydrogen) atoms. The minimum atomic E-state index is -0.321. The lowest BCUT2D eigenvalue weighted by Crippen LogP contribution is -2.13. The number of carbonyl (C=O) groups excluding carboxylic acids is 1. The number of benzene rings is 2. The van der Waals surface area contributed by atoms with Gasteiger partial charge in [0.05, 0.1) is 23.5 Å². The van der Waals surface area contributed by atoms with Crippen LogP contribution < -0.4 is 20.1 Å². The number of pyridine rings is 1. The van der Waals surface area contributed by atoms with Crippen LogP contribution in [0, 0.1) is 11.3 Å². The molecule has 0 unspecified atom stereocenters. The quantitative estimate of drug-likeness (QED) is 0.738. The van der Waals surface area contributed by atoms with Crippen LogP contribution in [0.15, 0.2) is 60.8 Å². The van der Waals surface area contributed by atoms with Crippen molar-refractivity contribution in [3.05, 3.63) is 72.1 Å². The maximum atomic E-state index is 12.4. The molecule has 2 aromatic carbocycles. The van der Waals surface area contributed by atoms with Crippen molar-refractivity contribution < 1.29 is 14.3 Å². The monoisotopic (exact) mass is 358 g/mol. The highest BCUT2D eigenvalue weighted by molar-refractivity contribution is 6.03. The van der Waals surface area contributed by atoms with Gasteiger partial charge in [0.1, 0.15) is 5.69 Å². The molecule has 0 fully saturated rings. The molecule has 0 radical (unpaired) electrons. The molecule has 7 heteroatoms. The first kappa shape index (κ1) is 16.4. The molecule has 2 heterocycles. The van der Waals surface area contributed by atoms with Crippen LogP contribution in [0.4, 0.5) is 17.1 Å². The van der Waals surface area contributed by atoms with Gasteiger partial charge in [-0.3, -0.25) is 4.79 Å². The average molecular weight is 358 g/mol. The highest BCUT2D eigenvalue weighted by Crippen LogP contribution is 2.34. The van der Waals surface area contributed by atoms with E-state index in [0.717, 1.165) is 11.4 Å². The van der Waals surface area contributed by atoms with Crippen LogP contribution in [0.2, 0.25) is 0 Å². The topological polar surface area (TPSA) is 96.3 Å². The first-order chi connectivity index (χ1) is 13.2. The van der Waals surface area contributed by atoms with Crippen molar-refractivity contribution in [2.75, 3.05) is 17.4 Å². The molecule has 4 rings (SSSR count). The fourth-order valence-electron chi connectivity index (χ4n) is 2.57. The Balaban J connectivity index is 1.42. The number of hydrogen-bond acceptors (Lipinski definition) is 6. The van der Waals surface area contributed by atoms with Crippen molar-refractivity contribution in [1.82, 2.24) is 4.98 Å². The van der Waals surface area contributed by atoms with E-state index in [1.54, 1.807) is 60.8 Å². The van der Waals surface area contributed by atoms with Gasteiger partial charge in [0.15, 0.2) is 11.5 Å². The first-order valence-electron chi connectivity index (χ1n) is 8.15. The predicted molar refractivity (Wildman–Crippen MR) is 99.2 cm³/mol. The Morgan fingerprint density at radius 2 is 1.70 bits per heavy atom. The summed E-state index contributed by atoms with van der Waals surface area (Å²) in [5, 5.41) is 14.8. The zero-order valence-electron chi connectivity index (χ0n) is 14.1. The van der Waals surface area contributed by atoms with Gasteiger partial charge in [0.2, 0.25) is 6.79 Å². The van der Waals surface area contributed by atoms with Gasteiger partial charge < -0.3 is 20.1 Å². The second-order valence-electron chi connectivity index (χ2n) is 5.77. The normalized spacial score (nSPS) is 11.5. The maximum absolute atomic E-state index is 12.4. The lowest BCUT2D eigenvalue weighted by molar-refractivity contribution is 0.102. The van der Waals surface area contributed by atoms with E-state index in [9.17, 15) is 4.79 Å². The van der Waals surface area contributed by atoms with E-state index in [1.807, 2.05) is 0 Å². The lowest BCUT2D eigenvalue weighted by atomic mass is 10.2.